The normalized spacial score (nSPS) is 11.7. The zero-order valence-corrected chi connectivity index (χ0v) is 16.9. The maximum Gasteiger partial charge on any atom is 0.297 e. The summed E-state index contributed by atoms with van der Waals surface area (Å²) in [7, 11) is 0. The summed E-state index contributed by atoms with van der Waals surface area (Å²) in [6.07, 6.45) is 1.58. The molecule has 0 spiro atoms. The molecule has 0 atom stereocenters. The Kier molecular flexibility index (Phi) is 5.84. The van der Waals surface area contributed by atoms with E-state index < -0.39 is 5.41 Å². The minimum Gasteiger partial charge on any atom is -0.489 e. The fourth-order valence-electron chi connectivity index (χ4n) is 2.50. The highest BCUT2D eigenvalue weighted by molar-refractivity contribution is 7.71. The zero-order valence-electron chi connectivity index (χ0n) is 16.0. The topological polar surface area (TPSA) is 72.3 Å². The zero-order chi connectivity index (χ0) is 20.1. The van der Waals surface area contributed by atoms with Crippen LogP contribution in [0.2, 0.25) is 0 Å². The number of hydrogen-bond donors (Lipinski definition) is 1. The molecule has 6 nitrogen and oxygen atoms in total. The molecule has 0 fully saturated rings. The Hall–Kier alpha value is -3.06. The second-order valence-electron chi connectivity index (χ2n) is 7.33. The standard InChI is InChI=1S/C21H22N4O2S/c1-21(2,3)18-19(26)25(20(28)24-23-18)22-13-15-9-11-17(12-10-15)27-14-16-7-5-4-6-8-16/h4-13H,14H2,1-3H3,(H,24,28)/b22-13-. The van der Waals surface area contributed by atoms with Gasteiger partial charge in [0.25, 0.3) is 5.56 Å². The lowest BCUT2D eigenvalue weighted by molar-refractivity contribution is 0.306. The highest BCUT2D eigenvalue weighted by Crippen LogP contribution is 2.15. The van der Waals surface area contributed by atoms with Crippen molar-refractivity contribution in [2.24, 2.45) is 5.10 Å². The van der Waals surface area contributed by atoms with Crippen LogP contribution in [-0.4, -0.2) is 21.1 Å². The van der Waals surface area contributed by atoms with E-state index in [0.717, 1.165) is 21.6 Å². The summed E-state index contributed by atoms with van der Waals surface area (Å²) in [5.74, 6) is 0.759. The van der Waals surface area contributed by atoms with Crippen molar-refractivity contribution in [3.05, 3.63) is 86.5 Å². The largest absolute Gasteiger partial charge is 0.489 e. The quantitative estimate of drug-likeness (QED) is 0.523. The van der Waals surface area contributed by atoms with Gasteiger partial charge in [-0.1, -0.05) is 51.1 Å². The molecular weight excluding hydrogens is 372 g/mol. The van der Waals surface area contributed by atoms with Gasteiger partial charge in [0.15, 0.2) is 0 Å². The van der Waals surface area contributed by atoms with Gasteiger partial charge in [-0.25, -0.2) is 0 Å². The number of aromatic nitrogens is 3. The van der Waals surface area contributed by atoms with Crippen LogP contribution in [0.5, 0.6) is 5.75 Å². The Morgan fingerprint density at radius 1 is 1.14 bits per heavy atom. The van der Waals surface area contributed by atoms with Gasteiger partial charge in [0, 0.05) is 5.41 Å². The molecule has 3 aromatic rings. The number of nitrogens with one attached hydrogen (secondary N) is 1. The molecule has 1 heterocycles. The van der Waals surface area contributed by atoms with Crippen LogP contribution in [0.4, 0.5) is 0 Å². The molecule has 28 heavy (non-hydrogen) atoms. The van der Waals surface area contributed by atoms with Crippen LogP contribution in [-0.2, 0) is 12.0 Å². The maximum absolute atomic E-state index is 12.6. The van der Waals surface area contributed by atoms with Gasteiger partial charge in [0.1, 0.15) is 18.1 Å². The van der Waals surface area contributed by atoms with E-state index in [2.05, 4.69) is 15.3 Å². The van der Waals surface area contributed by atoms with Gasteiger partial charge in [-0.3, -0.25) is 9.89 Å². The SMILES string of the molecule is CC(C)(C)c1n[nH]c(=S)n(/N=C\c2ccc(OCc3ccccc3)cc2)c1=O. The van der Waals surface area contributed by atoms with Crippen molar-refractivity contribution in [3.63, 3.8) is 0 Å². The number of nitrogens with zero attached hydrogens (tertiary/aromatic N) is 3. The summed E-state index contributed by atoms with van der Waals surface area (Å²) in [5.41, 5.74) is 1.57. The Morgan fingerprint density at radius 3 is 2.46 bits per heavy atom. The summed E-state index contributed by atoms with van der Waals surface area (Å²) < 4.78 is 7.08. The molecule has 0 amide bonds. The van der Waals surface area contributed by atoms with Gasteiger partial charge in [0.05, 0.1) is 6.21 Å². The third kappa shape index (κ3) is 4.80. The third-order valence-electron chi connectivity index (χ3n) is 4.01. The highest BCUT2D eigenvalue weighted by Gasteiger charge is 2.21. The van der Waals surface area contributed by atoms with Gasteiger partial charge in [-0.05, 0) is 47.6 Å². The first kappa shape index (κ1) is 19.7. The molecule has 0 radical (unpaired) electrons. The molecule has 0 aliphatic carbocycles. The molecule has 0 bridgehead atoms. The number of aromatic amines is 1. The summed E-state index contributed by atoms with van der Waals surface area (Å²) >= 11 is 5.15. The van der Waals surface area contributed by atoms with Crippen LogP contribution in [0, 0.1) is 4.77 Å². The van der Waals surface area contributed by atoms with Gasteiger partial charge in [-0.15, -0.1) is 0 Å². The maximum atomic E-state index is 12.6. The minimum atomic E-state index is -0.411. The van der Waals surface area contributed by atoms with E-state index in [1.165, 1.54) is 0 Å². The summed E-state index contributed by atoms with van der Waals surface area (Å²) in [6.45, 7) is 6.24. The van der Waals surface area contributed by atoms with E-state index >= 15 is 0 Å². The second kappa shape index (κ2) is 8.31. The first-order valence-electron chi connectivity index (χ1n) is 8.88. The first-order valence-corrected chi connectivity index (χ1v) is 9.29. The summed E-state index contributed by atoms with van der Waals surface area (Å²) in [4.78, 5) is 12.6. The van der Waals surface area contributed by atoms with E-state index in [1.54, 1.807) is 6.21 Å². The van der Waals surface area contributed by atoms with Crippen LogP contribution in [0.15, 0.2) is 64.5 Å². The average molecular weight is 395 g/mol. The number of H-pyrrole nitrogens is 1. The molecule has 1 aromatic heterocycles. The molecular formula is C21H22N4O2S. The van der Waals surface area contributed by atoms with Gasteiger partial charge < -0.3 is 4.74 Å². The predicted octanol–water partition coefficient (Wildman–Crippen LogP) is 4.06. The third-order valence-corrected chi connectivity index (χ3v) is 4.28. The van der Waals surface area contributed by atoms with E-state index in [0.29, 0.717) is 12.3 Å². The Bertz CT molecular complexity index is 1080. The molecule has 0 saturated heterocycles. The van der Waals surface area contributed by atoms with Gasteiger partial charge in [-0.2, -0.15) is 14.9 Å². The Morgan fingerprint density at radius 2 is 1.82 bits per heavy atom. The molecule has 7 heteroatoms. The minimum absolute atomic E-state index is 0.150. The monoisotopic (exact) mass is 394 g/mol. The van der Waals surface area contributed by atoms with Crippen molar-refractivity contribution in [1.29, 1.82) is 0 Å². The molecule has 0 aliphatic heterocycles. The number of hydrogen-bond acceptors (Lipinski definition) is 5. The van der Waals surface area contributed by atoms with Crippen molar-refractivity contribution in [1.82, 2.24) is 14.9 Å². The van der Waals surface area contributed by atoms with Crippen LogP contribution in [0.3, 0.4) is 0 Å². The molecule has 0 saturated carbocycles. The first-order chi connectivity index (χ1) is 13.3. The average Bonchev–Trinajstić information content (AvgIpc) is 2.67. The fraction of sp³-hybridized carbons (Fsp3) is 0.238. The van der Waals surface area contributed by atoms with Crippen molar-refractivity contribution < 1.29 is 4.74 Å². The predicted molar refractivity (Wildman–Crippen MR) is 113 cm³/mol. The molecule has 0 aliphatic rings. The summed E-state index contributed by atoms with van der Waals surface area (Å²) in [5, 5.41) is 11.0. The lowest BCUT2D eigenvalue weighted by Gasteiger charge is -2.16. The lowest BCUT2D eigenvalue weighted by Crippen LogP contribution is -2.32. The van der Waals surface area contributed by atoms with E-state index in [1.807, 2.05) is 75.4 Å². The molecule has 0 unspecified atom stereocenters. The Balaban J connectivity index is 1.75. The van der Waals surface area contributed by atoms with E-state index in [-0.39, 0.29) is 10.3 Å². The van der Waals surface area contributed by atoms with Crippen molar-refractivity contribution in [2.75, 3.05) is 0 Å². The van der Waals surface area contributed by atoms with Crippen molar-refractivity contribution in [2.45, 2.75) is 32.8 Å². The number of rotatable bonds is 5. The Labute approximate surface area is 168 Å². The molecule has 3 rings (SSSR count). The van der Waals surface area contributed by atoms with Gasteiger partial charge >= 0.3 is 0 Å². The lowest BCUT2D eigenvalue weighted by atomic mass is 9.93. The van der Waals surface area contributed by atoms with Crippen molar-refractivity contribution >= 4 is 18.4 Å². The van der Waals surface area contributed by atoms with Crippen LogP contribution < -0.4 is 10.3 Å². The highest BCUT2D eigenvalue weighted by atomic mass is 32.1. The van der Waals surface area contributed by atoms with Crippen molar-refractivity contribution in [3.8, 4) is 5.75 Å². The van der Waals surface area contributed by atoms with Crippen LogP contribution >= 0.6 is 12.2 Å². The number of benzene rings is 2. The van der Waals surface area contributed by atoms with E-state index in [9.17, 15) is 4.79 Å². The van der Waals surface area contributed by atoms with Gasteiger partial charge in [0.2, 0.25) is 4.77 Å². The smallest absolute Gasteiger partial charge is 0.297 e. The van der Waals surface area contributed by atoms with Crippen LogP contribution in [0.1, 0.15) is 37.6 Å². The fourth-order valence-corrected chi connectivity index (χ4v) is 2.68. The number of ether oxygens (including phenoxy) is 1. The summed E-state index contributed by atoms with van der Waals surface area (Å²) in [6, 6.07) is 17.4. The molecule has 2 aromatic carbocycles. The molecule has 144 valence electrons. The van der Waals surface area contributed by atoms with Crippen LogP contribution in [0.25, 0.3) is 0 Å². The van der Waals surface area contributed by atoms with E-state index in [4.69, 9.17) is 17.0 Å². The second-order valence-corrected chi connectivity index (χ2v) is 7.72. The molecule has 1 N–H and O–H groups in total.